The third-order valence-corrected chi connectivity index (χ3v) is 4.17. The third kappa shape index (κ3) is 2.97. The van der Waals surface area contributed by atoms with Crippen LogP contribution in [0.1, 0.15) is 24.4 Å². The van der Waals surface area contributed by atoms with E-state index in [9.17, 15) is 4.79 Å². The molecule has 3 rings (SSSR count). The van der Waals surface area contributed by atoms with Gasteiger partial charge in [-0.2, -0.15) is 0 Å². The molecule has 7 heteroatoms. The lowest BCUT2D eigenvalue weighted by molar-refractivity contribution is 0.207. The second-order valence-corrected chi connectivity index (χ2v) is 5.64. The van der Waals surface area contributed by atoms with Crippen LogP contribution in [0.5, 0.6) is 5.75 Å². The van der Waals surface area contributed by atoms with Crippen molar-refractivity contribution in [2.75, 3.05) is 19.0 Å². The molecule has 0 saturated carbocycles. The van der Waals surface area contributed by atoms with E-state index in [-0.39, 0.29) is 12.1 Å². The predicted octanol–water partition coefficient (Wildman–Crippen LogP) is 2.92. The first-order valence-electron chi connectivity index (χ1n) is 6.75. The zero-order valence-corrected chi connectivity index (χ0v) is 12.5. The van der Waals surface area contributed by atoms with Gasteiger partial charge in [0, 0.05) is 6.54 Å². The van der Waals surface area contributed by atoms with Gasteiger partial charge in [0.1, 0.15) is 11.3 Å². The van der Waals surface area contributed by atoms with Gasteiger partial charge in [0.25, 0.3) is 0 Å². The summed E-state index contributed by atoms with van der Waals surface area (Å²) in [5, 5.41) is 10.9. The summed E-state index contributed by atoms with van der Waals surface area (Å²) in [6, 6.07) is 7.83. The number of rotatable bonds is 3. The maximum absolute atomic E-state index is 12.4. The van der Waals surface area contributed by atoms with Crippen molar-refractivity contribution in [2.24, 2.45) is 0 Å². The number of nitrogens with zero attached hydrogens (tertiary/aromatic N) is 3. The summed E-state index contributed by atoms with van der Waals surface area (Å²) in [7, 11) is 1.65. The van der Waals surface area contributed by atoms with Gasteiger partial charge in [-0.05, 0) is 30.5 Å². The zero-order chi connectivity index (χ0) is 14.7. The Morgan fingerprint density at radius 3 is 3.19 bits per heavy atom. The fourth-order valence-corrected chi connectivity index (χ4v) is 3.03. The summed E-state index contributed by atoms with van der Waals surface area (Å²) in [4.78, 5) is 14.2. The molecule has 2 aromatic rings. The van der Waals surface area contributed by atoms with Gasteiger partial charge in [0.05, 0.1) is 13.2 Å². The Morgan fingerprint density at radius 1 is 1.52 bits per heavy atom. The number of nitrogens with one attached hydrogen (secondary N) is 1. The molecule has 21 heavy (non-hydrogen) atoms. The van der Waals surface area contributed by atoms with E-state index >= 15 is 0 Å². The van der Waals surface area contributed by atoms with Crippen molar-refractivity contribution in [1.82, 2.24) is 15.1 Å². The summed E-state index contributed by atoms with van der Waals surface area (Å²) < 4.78 is 5.26. The number of methoxy groups -OCH3 is 1. The molecule has 0 spiro atoms. The maximum atomic E-state index is 12.4. The summed E-state index contributed by atoms with van der Waals surface area (Å²) in [6.07, 6.45) is 1.95. The van der Waals surface area contributed by atoms with E-state index < -0.39 is 0 Å². The second-order valence-electron chi connectivity index (χ2n) is 4.80. The van der Waals surface area contributed by atoms with Crippen LogP contribution in [-0.2, 0) is 0 Å². The molecule has 1 N–H and O–H groups in total. The molecule has 2 amide bonds. The van der Waals surface area contributed by atoms with E-state index in [1.54, 1.807) is 12.6 Å². The number of likely N-dealkylation sites (tertiary alicyclic amines) is 1. The Balaban J connectivity index is 1.76. The number of aromatic nitrogens is 2. The normalized spacial score (nSPS) is 17.8. The number of carbonyl (C=O) groups is 1. The molecular weight excluding hydrogens is 288 g/mol. The lowest BCUT2D eigenvalue weighted by atomic mass is 10.0. The number of carbonyl (C=O) groups excluding carboxylic acids is 1. The standard InChI is InChI=1S/C14H16N4O2S/c1-20-11-5-2-4-10(8-11)12-6-3-7-18(12)14(19)16-13-17-15-9-21-13/h2,4-5,8-9,12H,3,6-7H2,1H3,(H,16,17,19)/t12-/m0/s1. The Kier molecular flexibility index (Phi) is 4.01. The van der Waals surface area contributed by atoms with Gasteiger partial charge in [-0.15, -0.1) is 10.2 Å². The van der Waals surface area contributed by atoms with Crippen molar-refractivity contribution >= 4 is 22.5 Å². The van der Waals surface area contributed by atoms with Gasteiger partial charge in [0.15, 0.2) is 0 Å². The Hall–Kier alpha value is -2.15. The number of ether oxygens (including phenoxy) is 1. The van der Waals surface area contributed by atoms with E-state index in [2.05, 4.69) is 15.5 Å². The van der Waals surface area contributed by atoms with E-state index in [0.717, 1.165) is 30.7 Å². The number of hydrogen-bond acceptors (Lipinski definition) is 5. The van der Waals surface area contributed by atoms with Crippen LogP contribution in [0.15, 0.2) is 29.8 Å². The lowest BCUT2D eigenvalue weighted by Crippen LogP contribution is -2.34. The molecule has 1 atom stereocenters. The van der Waals surface area contributed by atoms with Crippen LogP contribution in [0.25, 0.3) is 0 Å². The van der Waals surface area contributed by atoms with Gasteiger partial charge in [-0.25, -0.2) is 4.79 Å². The third-order valence-electron chi connectivity index (χ3n) is 3.57. The van der Waals surface area contributed by atoms with Gasteiger partial charge < -0.3 is 9.64 Å². The maximum Gasteiger partial charge on any atom is 0.324 e. The second kappa shape index (κ2) is 6.09. The highest BCUT2D eigenvalue weighted by Gasteiger charge is 2.30. The minimum absolute atomic E-state index is 0.0769. The highest BCUT2D eigenvalue weighted by Crippen LogP contribution is 2.33. The van der Waals surface area contributed by atoms with E-state index in [1.165, 1.54) is 11.3 Å². The Labute approximate surface area is 126 Å². The summed E-state index contributed by atoms with van der Waals surface area (Å²) in [5.74, 6) is 0.809. The predicted molar refractivity (Wildman–Crippen MR) is 80.6 cm³/mol. The molecule has 0 unspecified atom stereocenters. The molecule has 1 aliphatic rings. The molecular formula is C14H16N4O2S. The minimum atomic E-state index is -0.128. The molecule has 2 heterocycles. The molecule has 1 fully saturated rings. The van der Waals surface area contributed by atoms with Crippen LogP contribution >= 0.6 is 11.3 Å². The van der Waals surface area contributed by atoms with Crippen LogP contribution in [0.3, 0.4) is 0 Å². The van der Waals surface area contributed by atoms with Gasteiger partial charge in [-0.1, -0.05) is 23.5 Å². The number of hydrogen-bond donors (Lipinski definition) is 1. The molecule has 1 aliphatic heterocycles. The van der Waals surface area contributed by atoms with Crippen LogP contribution in [0.4, 0.5) is 9.93 Å². The Morgan fingerprint density at radius 2 is 2.43 bits per heavy atom. The molecule has 0 bridgehead atoms. The number of anilines is 1. The quantitative estimate of drug-likeness (QED) is 0.946. The summed E-state index contributed by atoms with van der Waals surface area (Å²) >= 11 is 1.31. The van der Waals surface area contributed by atoms with Crippen molar-refractivity contribution in [3.63, 3.8) is 0 Å². The Bertz CT molecular complexity index is 617. The lowest BCUT2D eigenvalue weighted by Gasteiger charge is -2.25. The van der Waals surface area contributed by atoms with E-state index in [4.69, 9.17) is 4.74 Å². The molecule has 0 aliphatic carbocycles. The van der Waals surface area contributed by atoms with Crippen LogP contribution in [0.2, 0.25) is 0 Å². The van der Waals surface area contributed by atoms with Crippen LogP contribution < -0.4 is 10.1 Å². The van der Waals surface area contributed by atoms with Crippen molar-refractivity contribution < 1.29 is 9.53 Å². The monoisotopic (exact) mass is 304 g/mol. The van der Waals surface area contributed by atoms with Gasteiger partial charge in [0.2, 0.25) is 5.13 Å². The average Bonchev–Trinajstić information content (AvgIpc) is 3.18. The molecule has 1 aromatic heterocycles. The van der Waals surface area contributed by atoms with E-state index in [1.807, 2.05) is 29.2 Å². The van der Waals surface area contributed by atoms with Gasteiger partial charge in [-0.3, -0.25) is 5.32 Å². The van der Waals surface area contributed by atoms with Crippen molar-refractivity contribution in [3.8, 4) is 5.75 Å². The van der Waals surface area contributed by atoms with Crippen LogP contribution in [0, 0.1) is 0 Å². The first-order chi connectivity index (χ1) is 10.3. The molecule has 6 nitrogen and oxygen atoms in total. The highest BCUT2D eigenvalue weighted by molar-refractivity contribution is 7.13. The van der Waals surface area contributed by atoms with Gasteiger partial charge >= 0.3 is 6.03 Å². The molecule has 1 saturated heterocycles. The molecule has 110 valence electrons. The number of amides is 2. The number of urea groups is 1. The SMILES string of the molecule is COc1cccc([C@@H]2CCCN2C(=O)Nc2nncs2)c1. The van der Waals surface area contributed by atoms with E-state index in [0.29, 0.717) is 5.13 Å². The fraction of sp³-hybridized carbons (Fsp3) is 0.357. The smallest absolute Gasteiger partial charge is 0.324 e. The largest absolute Gasteiger partial charge is 0.497 e. The number of benzene rings is 1. The summed E-state index contributed by atoms with van der Waals surface area (Å²) in [6.45, 7) is 0.743. The van der Waals surface area contributed by atoms with Crippen molar-refractivity contribution in [2.45, 2.75) is 18.9 Å². The van der Waals surface area contributed by atoms with Crippen molar-refractivity contribution in [3.05, 3.63) is 35.3 Å². The average molecular weight is 304 g/mol. The molecule has 0 radical (unpaired) electrons. The topological polar surface area (TPSA) is 67.3 Å². The highest BCUT2D eigenvalue weighted by atomic mass is 32.1. The fourth-order valence-electron chi connectivity index (χ4n) is 2.60. The first-order valence-corrected chi connectivity index (χ1v) is 7.63. The summed E-state index contributed by atoms with van der Waals surface area (Å²) in [5.41, 5.74) is 2.69. The van der Waals surface area contributed by atoms with Crippen molar-refractivity contribution in [1.29, 1.82) is 0 Å². The zero-order valence-electron chi connectivity index (χ0n) is 11.7. The minimum Gasteiger partial charge on any atom is -0.497 e. The first kappa shape index (κ1) is 13.8. The molecule has 1 aromatic carbocycles. The van der Waals surface area contributed by atoms with Crippen LogP contribution in [-0.4, -0.2) is 34.8 Å².